The van der Waals surface area contributed by atoms with Crippen LogP contribution in [-0.2, 0) is 9.47 Å². The highest BCUT2D eigenvalue weighted by Gasteiger charge is 2.28. The number of carbonyl (C=O) groups is 1. The van der Waals surface area contributed by atoms with Gasteiger partial charge in [-0.3, -0.25) is 4.79 Å². The largest absolute Gasteiger partial charge is 0.497 e. The van der Waals surface area contributed by atoms with Crippen molar-refractivity contribution in [3.63, 3.8) is 0 Å². The zero-order valence-electron chi connectivity index (χ0n) is 13.4. The average Bonchev–Trinajstić information content (AvgIpc) is 2.60. The Morgan fingerprint density at radius 3 is 2.61 bits per heavy atom. The lowest BCUT2D eigenvalue weighted by atomic mass is 10.0. The summed E-state index contributed by atoms with van der Waals surface area (Å²) in [5.41, 5.74) is 0.452. The number of carbonyl (C=O) groups excluding carboxylic acids is 1. The summed E-state index contributed by atoms with van der Waals surface area (Å²) in [7, 11) is 3.07. The normalized spacial score (nSPS) is 20.8. The van der Waals surface area contributed by atoms with Crippen LogP contribution in [0, 0.1) is 0 Å². The molecule has 0 saturated carbocycles. The number of aliphatic hydroxyl groups excluding tert-OH is 1. The van der Waals surface area contributed by atoms with Gasteiger partial charge in [-0.25, -0.2) is 0 Å². The van der Waals surface area contributed by atoms with Gasteiger partial charge in [-0.15, -0.1) is 0 Å². The fourth-order valence-corrected chi connectivity index (χ4v) is 2.44. The third-order valence-electron chi connectivity index (χ3n) is 3.66. The first kappa shape index (κ1) is 17.5. The molecule has 1 aromatic rings. The smallest absolute Gasteiger partial charge is 0.251 e. The van der Waals surface area contributed by atoms with Gasteiger partial charge in [-0.05, 0) is 18.6 Å². The second-order valence-electron chi connectivity index (χ2n) is 5.18. The highest BCUT2D eigenvalue weighted by molar-refractivity contribution is 5.95. The molecule has 1 aliphatic rings. The topological polar surface area (TPSA) is 86.3 Å². The van der Waals surface area contributed by atoms with E-state index in [1.165, 1.54) is 14.2 Å². The summed E-state index contributed by atoms with van der Waals surface area (Å²) in [5.74, 6) is 0.871. The zero-order valence-corrected chi connectivity index (χ0v) is 13.4. The number of hydrogen-bond donors (Lipinski definition) is 2. The van der Waals surface area contributed by atoms with Crippen molar-refractivity contribution >= 4 is 5.91 Å². The van der Waals surface area contributed by atoms with Gasteiger partial charge < -0.3 is 29.4 Å². The SMILES string of the molecule is COc1cc(OC)cc(C(=O)NC2CCOCC2OCCO)c1. The van der Waals surface area contributed by atoms with Gasteiger partial charge in [0.1, 0.15) is 17.6 Å². The van der Waals surface area contributed by atoms with Crippen LogP contribution in [0.2, 0.25) is 0 Å². The molecule has 2 unspecified atom stereocenters. The molecule has 1 saturated heterocycles. The second kappa shape index (κ2) is 8.71. The first-order valence-corrected chi connectivity index (χ1v) is 7.52. The standard InChI is InChI=1S/C16H23NO6/c1-20-12-7-11(8-13(9-12)21-2)16(19)17-14-3-5-22-10-15(14)23-6-4-18/h7-9,14-15,18H,3-6,10H2,1-2H3,(H,17,19). The molecule has 128 valence electrons. The first-order valence-electron chi connectivity index (χ1n) is 7.52. The van der Waals surface area contributed by atoms with Gasteiger partial charge in [0.05, 0.1) is 40.1 Å². The second-order valence-corrected chi connectivity index (χ2v) is 5.18. The summed E-state index contributed by atoms with van der Waals surface area (Å²) >= 11 is 0. The minimum Gasteiger partial charge on any atom is -0.497 e. The highest BCUT2D eigenvalue weighted by Crippen LogP contribution is 2.23. The number of hydrogen-bond acceptors (Lipinski definition) is 6. The highest BCUT2D eigenvalue weighted by atomic mass is 16.5. The maximum absolute atomic E-state index is 12.5. The van der Waals surface area contributed by atoms with Gasteiger partial charge in [0.15, 0.2) is 0 Å². The van der Waals surface area contributed by atoms with Crippen molar-refractivity contribution < 1.29 is 28.8 Å². The predicted molar refractivity (Wildman–Crippen MR) is 83.1 cm³/mol. The van der Waals surface area contributed by atoms with Gasteiger partial charge in [0.2, 0.25) is 0 Å². The van der Waals surface area contributed by atoms with Gasteiger partial charge >= 0.3 is 0 Å². The van der Waals surface area contributed by atoms with Crippen molar-refractivity contribution in [1.82, 2.24) is 5.32 Å². The average molecular weight is 325 g/mol. The van der Waals surface area contributed by atoms with Crippen LogP contribution in [0.3, 0.4) is 0 Å². The number of ether oxygens (including phenoxy) is 4. The van der Waals surface area contributed by atoms with Crippen LogP contribution in [0.25, 0.3) is 0 Å². The minimum atomic E-state index is -0.271. The molecule has 0 aromatic heterocycles. The number of methoxy groups -OCH3 is 2. The van der Waals surface area contributed by atoms with Crippen molar-refractivity contribution in [1.29, 1.82) is 0 Å². The molecule has 7 nitrogen and oxygen atoms in total. The van der Waals surface area contributed by atoms with Crippen molar-refractivity contribution in [3.05, 3.63) is 23.8 Å². The molecule has 1 aliphatic heterocycles. The van der Waals surface area contributed by atoms with Gasteiger partial charge in [-0.1, -0.05) is 0 Å². The lowest BCUT2D eigenvalue weighted by Gasteiger charge is -2.32. The maximum atomic E-state index is 12.5. The van der Waals surface area contributed by atoms with Crippen LogP contribution in [0.5, 0.6) is 11.5 Å². The molecule has 2 rings (SSSR count). The van der Waals surface area contributed by atoms with Crippen LogP contribution in [0.15, 0.2) is 18.2 Å². The molecule has 7 heteroatoms. The molecule has 0 spiro atoms. The number of aliphatic hydroxyl groups is 1. The van der Waals surface area contributed by atoms with Crippen LogP contribution in [0.1, 0.15) is 16.8 Å². The molecule has 0 aliphatic carbocycles. The van der Waals surface area contributed by atoms with E-state index in [4.69, 9.17) is 24.1 Å². The fourth-order valence-electron chi connectivity index (χ4n) is 2.44. The van der Waals surface area contributed by atoms with Crippen LogP contribution in [-0.4, -0.2) is 63.8 Å². The van der Waals surface area contributed by atoms with E-state index in [9.17, 15) is 4.79 Å². The third kappa shape index (κ3) is 4.82. The van der Waals surface area contributed by atoms with Crippen molar-refractivity contribution in [2.45, 2.75) is 18.6 Å². The summed E-state index contributed by atoms with van der Waals surface area (Å²) in [5, 5.41) is 11.8. The van der Waals surface area contributed by atoms with Gasteiger partial charge in [-0.2, -0.15) is 0 Å². The van der Waals surface area contributed by atoms with E-state index in [2.05, 4.69) is 5.32 Å². The van der Waals surface area contributed by atoms with E-state index in [-0.39, 0.29) is 31.3 Å². The predicted octanol–water partition coefficient (Wildman–Crippen LogP) is 0.600. The lowest BCUT2D eigenvalue weighted by molar-refractivity contribution is -0.0737. The lowest BCUT2D eigenvalue weighted by Crippen LogP contribution is -2.50. The Kier molecular flexibility index (Phi) is 6.64. The minimum absolute atomic E-state index is 0.0652. The van der Waals surface area contributed by atoms with Gasteiger partial charge in [0, 0.05) is 18.2 Å². The van der Waals surface area contributed by atoms with Crippen molar-refractivity contribution in [2.75, 3.05) is 40.6 Å². The molecule has 1 aromatic carbocycles. The Labute approximate surface area is 135 Å². The quantitative estimate of drug-likeness (QED) is 0.763. The van der Waals surface area contributed by atoms with E-state index >= 15 is 0 Å². The van der Waals surface area contributed by atoms with Crippen molar-refractivity contribution in [2.24, 2.45) is 0 Å². The Morgan fingerprint density at radius 1 is 1.30 bits per heavy atom. The molecule has 0 bridgehead atoms. The van der Waals surface area contributed by atoms with E-state index < -0.39 is 0 Å². The molecular weight excluding hydrogens is 302 g/mol. The Balaban J connectivity index is 2.07. The Bertz CT molecular complexity index is 499. The summed E-state index contributed by atoms with van der Waals surface area (Å²) in [4.78, 5) is 12.5. The Hall–Kier alpha value is -1.83. The molecular formula is C16H23NO6. The Morgan fingerprint density at radius 2 is 2.00 bits per heavy atom. The third-order valence-corrected chi connectivity index (χ3v) is 3.66. The number of nitrogens with one attached hydrogen (secondary N) is 1. The first-order chi connectivity index (χ1) is 11.2. The zero-order chi connectivity index (χ0) is 16.7. The summed E-state index contributed by atoms with van der Waals surface area (Å²) in [6.07, 6.45) is 0.385. The molecule has 0 radical (unpaired) electrons. The fraction of sp³-hybridized carbons (Fsp3) is 0.562. The maximum Gasteiger partial charge on any atom is 0.251 e. The number of rotatable bonds is 7. The van der Waals surface area contributed by atoms with E-state index in [1.807, 2.05) is 0 Å². The molecule has 23 heavy (non-hydrogen) atoms. The molecule has 1 fully saturated rings. The summed E-state index contributed by atoms with van der Waals surface area (Å²) in [6, 6.07) is 4.85. The number of amides is 1. The van der Waals surface area contributed by atoms with E-state index in [1.54, 1.807) is 18.2 Å². The molecule has 1 amide bonds. The number of benzene rings is 1. The monoisotopic (exact) mass is 325 g/mol. The van der Waals surface area contributed by atoms with E-state index in [0.717, 1.165) is 0 Å². The molecule has 2 atom stereocenters. The van der Waals surface area contributed by atoms with E-state index in [0.29, 0.717) is 36.7 Å². The van der Waals surface area contributed by atoms with Crippen LogP contribution < -0.4 is 14.8 Å². The van der Waals surface area contributed by atoms with Gasteiger partial charge in [0.25, 0.3) is 5.91 Å². The molecule has 2 N–H and O–H groups in total. The summed E-state index contributed by atoms with van der Waals surface area (Å²) < 4.78 is 21.3. The van der Waals surface area contributed by atoms with Crippen molar-refractivity contribution in [3.8, 4) is 11.5 Å². The summed E-state index contributed by atoms with van der Waals surface area (Å²) in [6.45, 7) is 1.11. The molecule has 1 heterocycles. The van der Waals surface area contributed by atoms with Crippen LogP contribution >= 0.6 is 0 Å². The van der Waals surface area contributed by atoms with Crippen LogP contribution in [0.4, 0.5) is 0 Å².